The number of nitrogens with one attached hydrogen (secondary N) is 1. The summed E-state index contributed by atoms with van der Waals surface area (Å²) in [5.41, 5.74) is 1.67. The Morgan fingerprint density at radius 1 is 1.10 bits per heavy atom. The summed E-state index contributed by atoms with van der Waals surface area (Å²) in [6.45, 7) is 0.499. The average molecular weight is 340 g/mol. The fourth-order valence-electron chi connectivity index (χ4n) is 1.85. The van der Waals surface area contributed by atoms with E-state index >= 15 is 0 Å². The van der Waals surface area contributed by atoms with Gasteiger partial charge in [-0.15, -0.1) is 0 Å². The third-order valence-electron chi connectivity index (χ3n) is 2.81. The number of ether oxygens (including phenoxy) is 2. The standard InChI is InChI=1S/C15H15BrFNO2/c1-19-13-3-4-14(15(8-13)20-2)18-9-10-5-11(16)7-12(17)6-10/h3-8,18H,9H2,1-2H3. The molecule has 3 nitrogen and oxygen atoms in total. The summed E-state index contributed by atoms with van der Waals surface area (Å²) in [5, 5.41) is 3.22. The lowest BCUT2D eigenvalue weighted by Crippen LogP contribution is -2.02. The second-order valence-corrected chi connectivity index (χ2v) is 5.11. The van der Waals surface area contributed by atoms with Gasteiger partial charge in [0.05, 0.1) is 19.9 Å². The van der Waals surface area contributed by atoms with Gasteiger partial charge in [0, 0.05) is 17.1 Å². The monoisotopic (exact) mass is 339 g/mol. The van der Waals surface area contributed by atoms with Crippen molar-refractivity contribution in [1.82, 2.24) is 0 Å². The van der Waals surface area contributed by atoms with E-state index in [0.29, 0.717) is 12.3 Å². The van der Waals surface area contributed by atoms with Crippen LogP contribution < -0.4 is 14.8 Å². The van der Waals surface area contributed by atoms with E-state index in [9.17, 15) is 4.39 Å². The largest absolute Gasteiger partial charge is 0.497 e. The quantitative estimate of drug-likeness (QED) is 0.884. The van der Waals surface area contributed by atoms with Crippen LogP contribution in [0.25, 0.3) is 0 Å². The van der Waals surface area contributed by atoms with Crippen LogP contribution in [0.2, 0.25) is 0 Å². The van der Waals surface area contributed by atoms with Gasteiger partial charge in [0.1, 0.15) is 17.3 Å². The fraction of sp³-hybridized carbons (Fsp3) is 0.200. The van der Waals surface area contributed by atoms with Gasteiger partial charge in [0.25, 0.3) is 0 Å². The topological polar surface area (TPSA) is 30.5 Å². The number of rotatable bonds is 5. The fourth-order valence-corrected chi connectivity index (χ4v) is 2.37. The van der Waals surface area contributed by atoms with E-state index < -0.39 is 0 Å². The molecule has 106 valence electrons. The first-order valence-corrected chi connectivity index (χ1v) is 6.82. The maximum Gasteiger partial charge on any atom is 0.145 e. The van der Waals surface area contributed by atoms with Gasteiger partial charge < -0.3 is 14.8 Å². The Kier molecular flexibility index (Phi) is 4.84. The third-order valence-corrected chi connectivity index (χ3v) is 3.27. The molecule has 0 bridgehead atoms. The van der Waals surface area contributed by atoms with E-state index in [0.717, 1.165) is 21.5 Å². The Bertz CT molecular complexity index is 584. The summed E-state index contributed by atoms with van der Waals surface area (Å²) in [4.78, 5) is 0. The molecule has 0 spiro atoms. The van der Waals surface area contributed by atoms with Crippen LogP contribution in [0.5, 0.6) is 11.5 Å². The minimum Gasteiger partial charge on any atom is -0.497 e. The summed E-state index contributed by atoms with van der Waals surface area (Å²) in [7, 11) is 3.20. The van der Waals surface area contributed by atoms with Crippen molar-refractivity contribution >= 4 is 21.6 Å². The van der Waals surface area contributed by atoms with E-state index in [4.69, 9.17) is 9.47 Å². The molecule has 0 atom stereocenters. The zero-order valence-corrected chi connectivity index (χ0v) is 12.8. The Morgan fingerprint density at radius 3 is 2.55 bits per heavy atom. The van der Waals surface area contributed by atoms with Crippen molar-refractivity contribution in [2.24, 2.45) is 0 Å². The molecule has 0 saturated heterocycles. The number of anilines is 1. The van der Waals surface area contributed by atoms with Crippen LogP contribution in [0.1, 0.15) is 5.56 Å². The van der Waals surface area contributed by atoms with E-state index in [1.165, 1.54) is 12.1 Å². The van der Waals surface area contributed by atoms with Gasteiger partial charge >= 0.3 is 0 Å². The van der Waals surface area contributed by atoms with E-state index in [2.05, 4.69) is 21.2 Å². The van der Waals surface area contributed by atoms with Crippen molar-refractivity contribution < 1.29 is 13.9 Å². The Balaban J connectivity index is 2.14. The van der Waals surface area contributed by atoms with Gasteiger partial charge in [0.15, 0.2) is 0 Å². The molecule has 20 heavy (non-hydrogen) atoms. The molecule has 0 heterocycles. The molecule has 0 amide bonds. The van der Waals surface area contributed by atoms with Gasteiger partial charge in [-0.1, -0.05) is 15.9 Å². The van der Waals surface area contributed by atoms with Crippen LogP contribution in [0.15, 0.2) is 40.9 Å². The molecule has 0 aliphatic heterocycles. The molecule has 0 aliphatic carbocycles. The highest BCUT2D eigenvalue weighted by molar-refractivity contribution is 9.10. The van der Waals surface area contributed by atoms with Gasteiger partial charge in [-0.2, -0.15) is 0 Å². The lowest BCUT2D eigenvalue weighted by atomic mass is 10.2. The van der Waals surface area contributed by atoms with Crippen LogP contribution in [-0.4, -0.2) is 14.2 Å². The van der Waals surface area contributed by atoms with Crippen molar-refractivity contribution in [3.05, 3.63) is 52.3 Å². The number of halogens is 2. The van der Waals surface area contributed by atoms with Crippen LogP contribution >= 0.6 is 15.9 Å². The maximum atomic E-state index is 13.3. The Labute approximate surface area is 125 Å². The molecule has 0 aromatic heterocycles. The van der Waals surface area contributed by atoms with Crippen LogP contribution in [0.3, 0.4) is 0 Å². The van der Waals surface area contributed by atoms with E-state index in [1.54, 1.807) is 20.3 Å². The van der Waals surface area contributed by atoms with Crippen molar-refractivity contribution in [2.75, 3.05) is 19.5 Å². The molecular formula is C15H15BrFNO2. The van der Waals surface area contributed by atoms with Gasteiger partial charge in [-0.3, -0.25) is 0 Å². The second-order valence-electron chi connectivity index (χ2n) is 4.20. The van der Waals surface area contributed by atoms with Crippen LogP contribution in [0, 0.1) is 5.82 Å². The molecular weight excluding hydrogens is 325 g/mol. The zero-order valence-electron chi connectivity index (χ0n) is 11.2. The Morgan fingerprint density at radius 2 is 1.90 bits per heavy atom. The van der Waals surface area contributed by atoms with Gasteiger partial charge in [-0.05, 0) is 35.9 Å². The smallest absolute Gasteiger partial charge is 0.145 e. The molecule has 0 radical (unpaired) electrons. The molecule has 0 unspecified atom stereocenters. The van der Waals surface area contributed by atoms with Gasteiger partial charge in [0.2, 0.25) is 0 Å². The molecule has 0 saturated carbocycles. The first-order valence-electron chi connectivity index (χ1n) is 6.03. The summed E-state index contributed by atoms with van der Waals surface area (Å²) >= 11 is 3.28. The predicted molar refractivity (Wildman–Crippen MR) is 81.0 cm³/mol. The normalized spacial score (nSPS) is 10.2. The average Bonchev–Trinajstić information content (AvgIpc) is 2.44. The predicted octanol–water partition coefficient (Wildman–Crippen LogP) is 4.22. The summed E-state index contributed by atoms with van der Waals surface area (Å²) in [6, 6.07) is 10.3. The molecule has 2 aromatic rings. The second kappa shape index (κ2) is 6.61. The summed E-state index contributed by atoms with van der Waals surface area (Å²) in [6.07, 6.45) is 0. The summed E-state index contributed by atoms with van der Waals surface area (Å²) < 4.78 is 24.5. The van der Waals surface area contributed by atoms with Crippen LogP contribution in [0.4, 0.5) is 10.1 Å². The molecule has 0 aliphatic rings. The lowest BCUT2D eigenvalue weighted by molar-refractivity contribution is 0.395. The first kappa shape index (κ1) is 14.7. The van der Waals surface area contributed by atoms with Crippen LogP contribution in [-0.2, 0) is 6.54 Å². The lowest BCUT2D eigenvalue weighted by Gasteiger charge is -2.12. The Hall–Kier alpha value is -1.75. The minimum absolute atomic E-state index is 0.266. The van der Waals surface area contributed by atoms with Gasteiger partial charge in [-0.25, -0.2) is 4.39 Å². The van der Waals surface area contributed by atoms with Crippen molar-refractivity contribution in [3.63, 3.8) is 0 Å². The number of hydrogen-bond acceptors (Lipinski definition) is 3. The van der Waals surface area contributed by atoms with Crippen molar-refractivity contribution in [3.8, 4) is 11.5 Å². The minimum atomic E-state index is -0.266. The highest BCUT2D eigenvalue weighted by Crippen LogP contribution is 2.29. The highest BCUT2D eigenvalue weighted by Gasteiger charge is 2.05. The van der Waals surface area contributed by atoms with Crippen molar-refractivity contribution in [2.45, 2.75) is 6.54 Å². The molecule has 5 heteroatoms. The maximum absolute atomic E-state index is 13.3. The van der Waals surface area contributed by atoms with Crippen molar-refractivity contribution in [1.29, 1.82) is 0 Å². The zero-order chi connectivity index (χ0) is 14.5. The first-order chi connectivity index (χ1) is 9.62. The SMILES string of the molecule is COc1ccc(NCc2cc(F)cc(Br)c2)c(OC)c1. The van der Waals surface area contributed by atoms with E-state index in [1.807, 2.05) is 18.2 Å². The third kappa shape index (κ3) is 3.63. The number of methoxy groups -OCH3 is 2. The molecule has 0 fully saturated rings. The molecule has 1 N–H and O–H groups in total. The number of hydrogen-bond donors (Lipinski definition) is 1. The van der Waals surface area contributed by atoms with E-state index in [-0.39, 0.29) is 5.82 Å². The molecule has 2 aromatic carbocycles. The summed E-state index contributed by atoms with van der Waals surface area (Å²) in [5.74, 6) is 1.14. The number of benzene rings is 2. The molecule has 2 rings (SSSR count). The highest BCUT2D eigenvalue weighted by atomic mass is 79.9.